The Morgan fingerprint density at radius 3 is 2.83 bits per heavy atom. The first-order valence-electron chi connectivity index (χ1n) is 4.68. The molecule has 0 aliphatic carbocycles. The molecule has 2 N–H and O–H groups in total. The average molecular weight is 170 g/mol. The van der Waals surface area contributed by atoms with Crippen molar-refractivity contribution in [2.45, 2.75) is 32.7 Å². The van der Waals surface area contributed by atoms with Crippen molar-refractivity contribution in [3.8, 4) is 0 Å². The van der Waals surface area contributed by atoms with Crippen LogP contribution < -0.4 is 5.73 Å². The van der Waals surface area contributed by atoms with Gasteiger partial charge in [0.15, 0.2) is 0 Å². The first kappa shape index (κ1) is 9.52. The van der Waals surface area contributed by atoms with Gasteiger partial charge in [0.05, 0.1) is 0 Å². The lowest BCUT2D eigenvalue weighted by Gasteiger charge is -2.34. The van der Waals surface area contributed by atoms with E-state index in [9.17, 15) is 4.79 Å². The predicted molar refractivity (Wildman–Crippen MR) is 48.6 cm³/mol. The van der Waals surface area contributed by atoms with Crippen molar-refractivity contribution in [1.29, 1.82) is 0 Å². The SMILES string of the molecule is CCC(=O)N1CC[C@@H](N)[C@H](C)C1. The van der Waals surface area contributed by atoms with E-state index in [1.165, 1.54) is 0 Å². The second kappa shape index (κ2) is 3.90. The van der Waals surface area contributed by atoms with Crippen LogP contribution in [0.15, 0.2) is 0 Å². The Morgan fingerprint density at radius 1 is 1.67 bits per heavy atom. The van der Waals surface area contributed by atoms with Gasteiger partial charge in [-0.25, -0.2) is 0 Å². The Kier molecular flexibility index (Phi) is 3.09. The van der Waals surface area contributed by atoms with Crippen LogP contribution in [0, 0.1) is 5.92 Å². The van der Waals surface area contributed by atoms with E-state index >= 15 is 0 Å². The molecule has 0 bridgehead atoms. The second-order valence-corrected chi connectivity index (χ2v) is 3.62. The molecule has 1 amide bonds. The zero-order chi connectivity index (χ0) is 9.14. The van der Waals surface area contributed by atoms with Gasteiger partial charge in [-0.15, -0.1) is 0 Å². The van der Waals surface area contributed by atoms with Gasteiger partial charge in [-0.3, -0.25) is 4.79 Å². The maximum absolute atomic E-state index is 11.3. The standard InChI is InChI=1S/C9H18N2O/c1-3-9(12)11-5-4-8(10)7(2)6-11/h7-8H,3-6,10H2,1-2H3/t7-,8-/m1/s1. The third kappa shape index (κ3) is 1.97. The molecule has 70 valence electrons. The summed E-state index contributed by atoms with van der Waals surface area (Å²) in [4.78, 5) is 13.2. The van der Waals surface area contributed by atoms with Crippen LogP contribution in [0.2, 0.25) is 0 Å². The molecule has 0 spiro atoms. The molecule has 0 saturated carbocycles. The van der Waals surface area contributed by atoms with Gasteiger partial charge in [-0.05, 0) is 12.3 Å². The van der Waals surface area contributed by atoms with Crippen LogP contribution in [0.4, 0.5) is 0 Å². The summed E-state index contributed by atoms with van der Waals surface area (Å²) in [6, 6.07) is 0.283. The molecule has 3 heteroatoms. The van der Waals surface area contributed by atoms with E-state index < -0.39 is 0 Å². The van der Waals surface area contributed by atoms with Crippen molar-refractivity contribution in [2.75, 3.05) is 13.1 Å². The highest BCUT2D eigenvalue weighted by molar-refractivity contribution is 5.75. The lowest BCUT2D eigenvalue weighted by atomic mass is 9.95. The van der Waals surface area contributed by atoms with E-state index in [-0.39, 0.29) is 11.9 Å². The molecule has 0 aromatic carbocycles. The summed E-state index contributed by atoms with van der Waals surface area (Å²) in [5.41, 5.74) is 5.84. The van der Waals surface area contributed by atoms with Crippen molar-refractivity contribution in [2.24, 2.45) is 11.7 Å². The Bertz CT molecular complexity index is 170. The fourth-order valence-electron chi connectivity index (χ4n) is 1.61. The maximum Gasteiger partial charge on any atom is 0.222 e. The number of rotatable bonds is 1. The van der Waals surface area contributed by atoms with Crippen LogP contribution in [0.5, 0.6) is 0 Å². The largest absolute Gasteiger partial charge is 0.342 e. The number of amides is 1. The summed E-state index contributed by atoms with van der Waals surface area (Å²) in [5, 5.41) is 0. The summed E-state index contributed by atoms with van der Waals surface area (Å²) in [6.07, 6.45) is 1.56. The summed E-state index contributed by atoms with van der Waals surface area (Å²) >= 11 is 0. The van der Waals surface area contributed by atoms with Crippen molar-refractivity contribution < 1.29 is 4.79 Å². The number of nitrogens with two attached hydrogens (primary N) is 1. The van der Waals surface area contributed by atoms with Crippen LogP contribution >= 0.6 is 0 Å². The third-order valence-corrected chi connectivity index (χ3v) is 2.63. The van der Waals surface area contributed by atoms with Gasteiger partial charge in [-0.1, -0.05) is 13.8 Å². The first-order chi connectivity index (χ1) is 5.65. The highest BCUT2D eigenvalue weighted by Gasteiger charge is 2.24. The lowest BCUT2D eigenvalue weighted by molar-refractivity contribution is -0.132. The molecule has 1 fully saturated rings. The second-order valence-electron chi connectivity index (χ2n) is 3.62. The fourth-order valence-corrected chi connectivity index (χ4v) is 1.61. The summed E-state index contributed by atoms with van der Waals surface area (Å²) < 4.78 is 0. The topological polar surface area (TPSA) is 46.3 Å². The molecule has 1 aliphatic heterocycles. The number of carbonyl (C=O) groups excluding carboxylic acids is 1. The number of nitrogens with zero attached hydrogens (tertiary/aromatic N) is 1. The van der Waals surface area contributed by atoms with E-state index in [1.54, 1.807) is 0 Å². The molecular weight excluding hydrogens is 152 g/mol. The van der Waals surface area contributed by atoms with Gasteiger partial charge < -0.3 is 10.6 Å². The van der Waals surface area contributed by atoms with Gasteiger partial charge in [0, 0.05) is 25.6 Å². The van der Waals surface area contributed by atoms with Crippen molar-refractivity contribution in [3.63, 3.8) is 0 Å². The number of piperidine rings is 1. The Labute approximate surface area is 73.9 Å². The molecule has 3 nitrogen and oxygen atoms in total. The van der Waals surface area contributed by atoms with Crippen LogP contribution in [-0.4, -0.2) is 29.9 Å². The van der Waals surface area contributed by atoms with E-state index in [2.05, 4.69) is 6.92 Å². The van der Waals surface area contributed by atoms with Gasteiger partial charge in [0.1, 0.15) is 0 Å². The van der Waals surface area contributed by atoms with Crippen molar-refractivity contribution >= 4 is 5.91 Å². The molecule has 0 radical (unpaired) electrons. The normalized spacial score (nSPS) is 30.4. The van der Waals surface area contributed by atoms with Gasteiger partial charge in [-0.2, -0.15) is 0 Å². The summed E-state index contributed by atoms with van der Waals surface area (Å²) in [7, 11) is 0. The highest BCUT2D eigenvalue weighted by atomic mass is 16.2. The van der Waals surface area contributed by atoms with Gasteiger partial charge >= 0.3 is 0 Å². The number of hydrogen-bond donors (Lipinski definition) is 1. The minimum absolute atomic E-state index is 0.258. The molecule has 1 saturated heterocycles. The molecule has 1 rings (SSSR count). The summed E-state index contributed by atoms with van der Waals surface area (Å²) in [5.74, 6) is 0.711. The third-order valence-electron chi connectivity index (χ3n) is 2.63. The Hall–Kier alpha value is -0.570. The number of carbonyl (C=O) groups is 1. The Balaban J connectivity index is 2.45. The number of hydrogen-bond acceptors (Lipinski definition) is 2. The zero-order valence-electron chi connectivity index (χ0n) is 7.92. The minimum Gasteiger partial charge on any atom is -0.342 e. The number of likely N-dealkylation sites (tertiary alicyclic amines) is 1. The minimum atomic E-state index is 0.258. The predicted octanol–water partition coefficient (Wildman–Crippen LogP) is 0.592. The molecule has 0 aromatic rings. The van der Waals surface area contributed by atoms with Crippen LogP contribution in [0.1, 0.15) is 26.7 Å². The smallest absolute Gasteiger partial charge is 0.222 e. The molecular formula is C9H18N2O. The van der Waals surface area contributed by atoms with Crippen LogP contribution in [0.25, 0.3) is 0 Å². The van der Waals surface area contributed by atoms with Crippen molar-refractivity contribution in [1.82, 2.24) is 4.90 Å². The quantitative estimate of drug-likeness (QED) is 0.626. The van der Waals surface area contributed by atoms with E-state index in [1.807, 2.05) is 11.8 Å². The van der Waals surface area contributed by atoms with Crippen LogP contribution in [-0.2, 0) is 4.79 Å². The van der Waals surface area contributed by atoms with Gasteiger partial charge in [0.2, 0.25) is 5.91 Å². The van der Waals surface area contributed by atoms with E-state index in [0.29, 0.717) is 12.3 Å². The molecule has 0 unspecified atom stereocenters. The van der Waals surface area contributed by atoms with Crippen molar-refractivity contribution in [3.05, 3.63) is 0 Å². The first-order valence-corrected chi connectivity index (χ1v) is 4.68. The molecule has 12 heavy (non-hydrogen) atoms. The van der Waals surface area contributed by atoms with E-state index in [4.69, 9.17) is 5.73 Å². The monoisotopic (exact) mass is 170 g/mol. The summed E-state index contributed by atoms with van der Waals surface area (Å²) in [6.45, 7) is 5.70. The average Bonchev–Trinajstić information content (AvgIpc) is 2.08. The molecule has 1 heterocycles. The molecule has 1 aliphatic rings. The lowest BCUT2D eigenvalue weighted by Crippen LogP contribution is -2.47. The van der Waals surface area contributed by atoms with Crippen LogP contribution in [0.3, 0.4) is 0 Å². The highest BCUT2D eigenvalue weighted by Crippen LogP contribution is 2.15. The molecule has 0 aromatic heterocycles. The molecule has 2 atom stereocenters. The zero-order valence-corrected chi connectivity index (χ0v) is 7.92. The fraction of sp³-hybridized carbons (Fsp3) is 0.889. The van der Waals surface area contributed by atoms with E-state index in [0.717, 1.165) is 19.5 Å². The maximum atomic E-state index is 11.3. The Morgan fingerprint density at radius 2 is 2.33 bits per heavy atom. The van der Waals surface area contributed by atoms with Gasteiger partial charge in [0.25, 0.3) is 0 Å².